The van der Waals surface area contributed by atoms with Crippen LogP contribution in [0.15, 0.2) is 24.3 Å². The van der Waals surface area contributed by atoms with Gasteiger partial charge in [-0.25, -0.2) is 0 Å². The van der Waals surface area contributed by atoms with Crippen LogP contribution in [0.1, 0.15) is 19.4 Å². The van der Waals surface area contributed by atoms with Crippen molar-refractivity contribution in [2.24, 2.45) is 0 Å². The van der Waals surface area contributed by atoms with Crippen LogP contribution in [0.2, 0.25) is 0 Å². The summed E-state index contributed by atoms with van der Waals surface area (Å²) in [5.41, 5.74) is 0.475. The first-order chi connectivity index (χ1) is 6.10. The maximum atomic E-state index is 5.15. The molecule has 1 aromatic carbocycles. The molecule has 0 aliphatic carbocycles. The fraction of sp³-hybridized carbons (Fsp3) is 0.273. The number of hydrogen-bond donors (Lipinski definition) is 0. The van der Waals surface area contributed by atoms with Crippen LogP contribution in [0.3, 0.4) is 0 Å². The van der Waals surface area contributed by atoms with Gasteiger partial charge >= 0.3 is 0 Å². The van der Waals surface area contributed by atoms with Crippen molar-refractivity contribution in [3.8, 4) is 5.75 Å². The Hall–Kier alpha value is -1.02. The molecule has 2 heteroatoms. The van der Waals surface area contributed by atoms with E-state index in [0.717, 1.165) is 5.56 Å². The van der Waals surface area contributed by atoms with Crippen molar-refractivity contribution in [3.63, 3.8) is 0 Å². The van der Waals surface area contributed by atoms with Gasteiger partial charge < -0.3 is 9.47 Å². The van der Waals surface area contributed by atoms with E-state index in [9.17, 15) is 0 Å². The second-order valence-electron chi connectivity index (χ2n) is 3.27. The zero-order valence-electron chi connectivity index (χ0n) is 7.78. The number of hydrogen-bond acceptors (Lipinski definition) is 2. The van der Waals surface area contributed by atoms with Crippen molar-refractivity contribution in [2.45, 2.75) is 19.4 Å². The molecule has 0 saturated carbocycles. The maximum absolute atomic E-state index is 5.15. The van der Waals surface area contributed by atoms with Crippen molar-refractivity contribution in [1.82, 2.24) is 0 Å². The largest absolute Gasteiger partial charge is 0.482 e. The molecule has 0 unspecified atom stereocenters. The molecule has 0 spiro atoms. The predicted octanol–water partition coefficient (Wildman–Crippen LogP) is 2.65. The molecular formula is C11H12O2. The van der Waals surface area contributed by atoms with Crippen LogP contribution in [0.4, 0.5) is 0 Å². The highest BCUT2D eigenvalue weighted by atomic mass is 16.5. The first-order valence-corrected chi connectivity index (χ1v) is 3.95. The topological polar surface area (TPSA) is 18.5 Å². The van der Waals surface area contributed by atoms with Gasteiger partial charge in [0, 0.05) is 0 Å². The molecule has 13 heavy (non-hydrogen) atoms. The van der Waals surface area contributed by atoms with Gasteiger partial charge in [0.1, 0.15) is 12.9 Å². The van der Waals surface area contributed by atoms with Crippen LogP contribution < -0.4 is 4.74 Å². The van der Waals surface area contributed by atoms with E-state index in [1.54, 1.807) is 12.1 Å². The molecule has 0 bridgehead atoms. The van der Waals surface area contributed by atoms with Crippen molar-refractivity contribution >= 4 is 0 Å². The molecule has 2 nitrogen and oxygen atoms in total. The summed E-state index contributed by atoms with van der Waals surface area (Å²) >= 11 is 0. The van der Waals surface area contributed by atoms with E-state index in [-0.39, 0.29) is 0 Å². The van der Waals surface area contributed by atoms with E-state index in [4.69, 9.17) is 19.0 Å². The summed E-state index contributed by atoms with van der Waals surface area (Å²) in [6.07, 6.45) is 0. The standard InChI is InChI=1S/C11H12O2/c1-11(2,13-4)9-5-7-10(12-3)8-6-9/h3-8H,1-2H3. The number of benzene rings is 1. The molecule has 0 aliphatic heterocycles. The van der Waals surface area contributed by atoms with Gasteiger partial charge in [0.25, 0.3) is 0 Å². The van der Waals surface area contributed by atoms with Crippen LogP contribution in [0.25, 0.3) is 0 Å². The van der Waals surface area contributed by atoms with E-state index < -0.39 is 5.60 Å². The average molecular weight is 176 g/mol. The molecule has 0 heterocycles. The van der Waals surface area contributed by atoms with Crippen LogP contribution >= 0.6 is 0 Å². The summed E-state index contributed by atoms with van der Waals surface area (Å²) in [5, 5.41) is 0. The van der Waals surface area contributed by atoms with Gasteiger partial charge in [-0.3, -0.25) is 0 Å². The zero-order chi connectivity index (χ0) is 9.90. The summed E-state index contributed by atoms with van der Waals surface area (Å²) in [6.45, 7) is 3.76. The van der Waals surface area contributed by atoms with Gasteiger partial charge in [-0.15, -0.1) is 0 Å². The molecule has 0 fully saturated rings. The molecule has 4 radical (unpaired) electrons. The molecule has 1 rings (SSSR count). The molecule has 0 atom stereocenters. The maximum Gasteiger partial charge on any atom is 0.180 e. The van der Waals surface area contributed by atoms with Crippen LogP contribution in [0.5, 0.6) is 5.75 Å². The van der Waals surface area contributed by atoms with Crippen LogP contribution in [-0.4, -0.2) is 0 Å². The van der Waals surface area contributed by atoms with E-state index in [0.29, 0.717) is 5.75 Å². The van der Waals surface area contributed by atoms with E-state index in [1.807, 2.05) is 26.0 Å². The summed E-state index contributed by atoms with van der Waals surface area (Å²) < 4.78 is 9.37. The normalized spacial score (nSPS) is 11.4. The molecular weight excluding hydrogens is 164 g/mol. The SMILES string of the molecule is [CH]Oc1ccc(C(C)(C)O[CH])cc1. The highest BCUT2D eigenvalue weighted by Gasteiger charge is 2.18. The lowest BCUT2D eigenvalue weighted by molar-refractivity contribution is 0.0495. The Bertz CT molecular complexity index is 262. The minimum Gasteiger partial charge on any atom is -0.482 e. The third-order valence-corrected chi connectivity index (χ3v) is 1.98. The van der Waals surface area contributed by atoms with Crippen LogP contribution in [0, 0.1) is 14.2 Å². The smallest absolute Gasteiger partial charge is 0.180 e. The first-order valence-electron chi connectivity index (χ1n) is 3.95. The zero-order valence-corrected chi connectivity index (χ0v) is 7.78. The predicted molar refractivity (Wildman–Crippen MR) is 49.8 cm³/mol. The fourth-order valence-corrected chi connectivity index (χ4v) is 1.00. The average Bonchev–Trinajstić information content (AvgIpc) is 2.18. The Morgan fingerprint density at radius 3 is 2.00 bits per heavy atom. The Balaban J connectivity index is 2.92. The Morgan fingerprint density at radius 2 is 1.62 bits per heavy atom. The lowest BCUT2D eigenvalue weighted by Gasteiger charge is -2.22. The first kappa shape index (κ1) is 10.1. The van der Waals surface area contributed by atoms with Crippen molar-refractivity contribution in [3.05, 3.63) is 44.0 Å². The van der Waals surface area contributed by atoms with Crippen molar-refractivity contribution in [1.29, 1.82) is 0 Å². The molecule has 0 amide bonds. The van der Waals surface area contributed by atoms with Crippen molar-refractivity contribution < 1.29 is 9.47 Å². The van der Waals surface area contributed by atoms with Gasteiger partial charge in [-0.2, -0.15) is 0 Å². The molecule has 0 N–H and O–H groups in total. The minimum absolute atomic E-state index is 0.493. The van der Waals surface area contributed by atoms with E-state index >= 15 is 0 Å². The van der Waals surface area contributed by atoms with Crippen molar-refractivity contribution in [2.75, 3.05) is 0 Å². The summed E-state index contributed by atoms with van der Waals surface area (Å²) in [5.74, 6) is 0.608. The quantitative estimate of drug-likeness (QED) is 0.704. The van der Waals surface area contributed by atoms with Crippen LogP contribution in [-0.2, 0) is 10.3 Å². The summed E-state index contributed by atoms with van der Waals surface area (Å²) in [6, 6.07) is 7.23. The lowest BCUT2D eigenvalue weighted by atomic mass is 9.98. The Kier molecular flexibility index (Phi) is 2.94. The van der Waals surface area contributed by atoms with Gasteiger partial charge in [0.15, 0.2) is 7.11 Å². The second-order valence-corrected chi connectivity index (χ2v) is 3.27. The van der Waals surface area contributed by atoms with E-state index in [2.05, 4.69) is 4.74 Å². The Morgan fingerprint density at radius 1 is 1.08 bits per heavy atom. The van der Waals surface area contributed by atoms with Gasteiger partial charge in [0.05, 0.1) is 5.60 Å². The third-order valence-electron chi connectivity index (χ3n) is 1.98. The van der Waals surface area contributed by atoms with Gasteiger partial charge in [0.2, 0.25) is 0 Å². The minimum atomic E-state index is -0.493. The monoisotopic (exact) mass is 176 g/mol. The summed E-state index contributed by atoms with van der Waals surface area (Å²) in [7, 11) is 10.1. The molecule has 0 aromatic heterocycles. The van der Waals surface area contributed by atoms with E-state index in [1.165, 1.54) is 0 Å². The fourth-order valence-electron chi connectivity index (χ4n) is 1.00. The lowest BCUT2D eigenvalue weighted by Crippen LogP contribution is -2.17. The third kappa shape index (κ3) is 2.22. The Labute approximate surface area is 79.5 Å². The molecule has 0 aliphatic rings. The van der Waals surface area contributed by atoms with Gasteiger partial charge in [-0.05, 0) is 31.5 Å². The molecule has 68 valence electrons. The summed E-state index contributed by atoms with van der Waals surface area (Å²) in [4.78, 5) is 0. The highest BCUT2D eigenvalue weighted by molar-refractivity contribution is 5.30. The molecule has 0 saturated heterocycles. The highest BCUT2D eigenvalue weighted by Crippen LogP contribution is 2.25. The number of rotatable bonds is 3. The number of ether oxygens (including phenoxy) is 2. The second kappa shape index (κ2) is 3.79. The van der Waals surface area contributed by atoms with Gasteiger partial charge in [-0.1, -0.05) is 12.1 Å². The molecule has 1 aromatic rings.